The van der Waals surface area contributed by atoms with Crippen LogP contribution in [0.15, 0.2) is 48.9 Å². The summed E-state index contributed by atoms with van der Waals surface area (Å²) in [4.78, 5) is 35.2. The van der Waals surface area contributed by atoms with Crippen LogP contribution in [0.4, 0.5) is 23.1 Å². The number of hydrogen-bond donors (Lipinski definition) is 3. The highest BCUT2D eigenvalue weighted by molar-refractivity contribution is 5.97. The maximum Gasteiger partial charge on any atom is 0.355 e. The molecule has 3 aromatic rings. The predicted molar refractivity (Wildman–Crippen MR) is 105 cm³/mol. The van der Waals surface area contributed by atoms with Crippen molar-refractivity contribution in [3.63, 3.8) is 0 Å². The molecule has 0 saturated heterocycles. The Balaban J connectivity index is 1.83. The third kappa shape index (κ3) is 4.53. The first-order valence-corrected chi connectivity index (χ1v) is 8.38. The van der Waals surface area contributed by atoms with E-state index in [0.717, 1.165) is 11.9 Å². The molecule has 2 heterocycles. The van der Waals surface area contributed by atoms with E-state index in [2.05, 4.69) is 31.1 Å². The summed E-state index contributed by atoms with van der Waals surface area (Å²) in [5, 5.41) is 14.4. The van der Waals surface area contributed by atoms with Crippen LogP contribution in [0.2, 0.25) is 0 Å². The Morgan fingerprint density at radius 1 is 1.10 bits per heavy atom. The second kappa shape index (κ2) is 8.61. The summed E-state index contributed by atoms with van der Waals surface area (Å²) in [6.07, 6.45) is 2.74. The first-order valence-electron chi connectivity index (χ1n) is 8.38. The van der Waals surface area contributed by atoms with Gasteiger partial charge >= 0.3 is 5.69 Å². The molecule has 148 valence electrons. The number of nitrogens with zero attached hydrogens (tertiary/aromatic N) is 4. The van der Waals surface area contributed by atoms with Crippen molar-refractivity contribution in [3.05, 3.63) is 70.2 Å². The van der Waals surface area contributed by atoms with Gasteiger partial charge in [0.2, 0.25) is 11.6 Å². The van der Waals surface area contributed by atoms with Gasteiger partial charge in [0.1, 0.15) is 17.9 Å². The number of rotatable bonds is 7. The minimum absolute atomic E-state index is 0.0737. The molecule has 11 nitrogen and oxygen atoms in total. The highest BCUT2D eigenvalue weighted by Crippen LogP contribution is 2.30. The number of para-hydroxylation sites is 1. The Kier molecular flexibility index (Phi) is 5.78. The SMILES string of the molecule is COc1ccccc1C(=O)NNc1ncnc(Nc2ccc(C)cn2)c1[N+](=O)[O-]. The third-order valence-corrected chi connectivity index (χ3v) is 3.81. The fourth-order valence-electron chi connectivity index (χ4n) is 2.41. The summed E-state index contributed by atoms with van der Waals surface area (Å²) in [6, 6.07) is 10.0. The number of methoxy groups -OCH3 is 1. The van der Waals surface area contributed by atoms with Gasteiger partial charge in [0.15, 0.2) is 0 Å². The maximum absolute atomic E-state index is 12.4. The summed E-state index contributed by atoms with van der Waals surface area (Å²) >= 11 is 0. The average molecular weight is 395 g/mol. The van der Waals surface area contributed by atoms with Gasteiger partial charge in [-0.2, -0.15) is 0 Å². The van der Waals surface area contributed by atoms with E-state index >= 15 is 0 Å². The highest BCUT2D eigenvalue weighted by Gasteiger charge is 2.24. The quantitative estimate of drug-likeness (QED) is 0.406. The lowest BCUT2D eigenvalue weighted by Gasteiger charge is -2.12. The van der Waals surface area contributed by atoms with Gasteiger partial charge in [0, 0.05) is 6.20 Å². The number of anilines is 3. The molecular formula is C18H17N7O4. The number of amides is 1. The van der Waals surface area contributed by atoms with Crippen molar-refractivity contribution in [1.29, 1.82) is 0 Å². The highest BCUT2D eigenvalue weighted by atomic mass is 16.6. The van der Waals surface area contributed by atoms with Gasteiger partial charge in [-0.1, -0.05) is 18.2 Å². The standard InChI is InChI=1S/C18H17N7O4/c1-11-7-8-14(19-9-11)22-16-15(25(27)28)17(21-10-20-16)23-24-18(26)12-5-3-4-6-13(12)29-2/h3-10H,1-2H3,(H,24,26)(H2,19,20,21,22,23). The Bertz CT molecular complexity index is 1040. The van der Waals surface area contributed by atoms with Gasteiger partial charge < -0.3 is 10.1 Å². The molecule has 1 amide bonds. The molecule has 2 aromatic heterocycles. The lowest BCUT2D eigenvalue weighted by atomic mass is 10.2. The molecule has 0 spiro atoms. The van der Waals surface area contributed by atoms with Gasteiger partial charge in [0.05, 0.1) is 17.6 Å². The number of carbonyl (C=O) groups excluding carboxylic acids is 1. The van der Waals surface area contributed by atoms with Crippen LogP contribution >= 0.6 is 0 Å². The second-order valence-corrected chi connectivity index (χ2v) is 5.80. The second-order valence-electron chi connectivity index (χ2n) is 5.80. The molecule has 11 heteroatoms. The van der Waals surface area contributed by atoms with Crippen molar-refractivity contribution in [1.82, 2.24) is 20.4 Å². The van der Waals surface area contributed by atoms with Crippen LogP contribution in [0.3, 0.4) is 0 Å². The van der Waals surface area contributed by atoms with Crippen molar-refractivity contribution >= 4 is 29.0 Å². The van der Waals surface area contributed by atoms with Gasteiger partial charge in [-0.3, -0.25) is 25.8 Å². The normalized spacial score (nSPS) is 10.1. The minimum Gasteiger partial charge on any atom is -0.496 e. The molecule has 0 radical (unpaired) electrons. The Morgan fingerprint density at radius 2 is 1.86 bits per heavy atom. The van der Waals surface area contributed by atoms with Crippen molar-refractivity contribution in [3.8, 4) is 5.75 Å². The van der Waals surface area contributed by atoms with Gasteiger partial charge in [-0.15, -0.1) is 0 Å². The first-order chi connectivity index (χ1) is 14.0. The summed E-state index contributed by atoms with van der Waals surface area (Å²) in [7, 11) is 1.44. The topological polar surface area (TPSA) is 144 Å². The van der Waals surface area contributed by atoms with Crippen molar-refractivity contribution < 1.29 is 14.5 Å². The lowest BCUT2D eigenvalue weighted by Crippen LogP contribution is -2.30. The molecule has 3 rings (SSSR count). The molecule has 0 aliphatic carbocycles. The summed E-state index contributed by atoms with van der Waals surface area (Å²) < 4.78 is 5.13. The predicted octanol–water partition coefficient (Wildman–Crippen LogP) is 2.60. The van der Waals surface area contributed by atoms with Gasteiger partial charge in [0.25, 0.3) is 5.91 Å². The number of benzene rings is 1. The third-order valence-electron chi connectivity index (χ3n) is 3.81. The number of pyridine rings is 1. The maximum atomic E-state index is 12.4. The number of aromatic nitrogens is 3. The van der Waals surface area contributed by atoms with Crippen LogP contribution in [0.1, 0.15) is 15.9 Å². The number of ether oxygens (including phenoxy) is 1. The number of hydrazine groups is 1. The summed E-state index contributed by atoms with van der Waals surface area (Å²) in [5.41, 5.74) is 5.59. The van der Waals surface area contributed by atoms with Crippen LogP contribution in [0.5, 0.6) is 5.75 Å². The van der Waals surface area contributed by atoms with Crippen LogP contribution in [-0.4, -0.2) is 32.9 Å². The zero-order chi connectivity index (χ0) is 20.8. The molecule has 29 heavy (non-hydrogen) atoms. The molecular weight excluding hydrogens is 378 g/mol. The molecule has 0 atom stereocenters. The number of nitro groups is 1. The molecule has 0 aliphatic rings. The Hall–Kier alpha value is -4.28. The van der Waals surface area contributed by atoms with Crippen molar-refractivity contribution in [2.45, 2.75) is 6.92 Å². The Labute approximate surface area is 165 Å². The monoisotopic (exact) mass is 395 g/mol. The van der Waals surface area contributed by atoms with E-state index in [1.165, 1.54) is 7.11 Å². The molecule has 0 unspecified atom stereocenters. The molecule has 0 aliphatic heterocycles. The lowest BCUT2D eigenvalue weighted by molar-refractivity contribution is -0.383. The summed E-state index contributed by atoms with van der Waals surface area (Å²) in [5.74, 6) is -0.0819. The van der Waals surface area contributed by atoms with E-state index in [9.17, 15) is 14.9 Å². The first kappa shape index (κ1) is 19.5. The zero-order valence-corrected chi connectivity index (χ0v) is 15.5. The van der Waals surface area contributed by atoms with Crippen LogP contribution in [-0.2, 0) is 0 Å². The molecule has 0 saturated carbocycles. The fourth-order valence-corrected chi connectivity index (χ4v) is 2.41. The van der Waals surface area contributed by atoms with Gasteiger partial charge in [-0.05, 0) is 30.7 Å². The summed E-state index contributed by atoms with van der Waals surface area (Å²) in [6.45, 7) is 1.87. The Morgan fingerprint density at radius 3 is 2.55 bits per heavy atom. The van der Waals surface area contributed by atoms with Crippen LogP contribution in [0.25, 0.3) is 0 Å². The number of carbonyl (C=O) groups is 1. The van der Waals surface area contributed by atoms with E-state index in [1.54, 1.807) is 42.6 Å². The number of aryl methyl sites for hydroxylation is 1. The fraction of sp³-hybridized carbons (Fsp3) is 0.111. The zero-order valence-electron chi connectivity index (χ0n) is 15.5. The largest absolute Gasteiger partial charge is 0.496 e. The molecule has 0 fully saturated rings. The van der Waals surface area contributed by atoms with Crippen LogP contribution in [0, 0.1) is 17.0 Å². The smallest absolute Gasteiger partial charge is 0.355 e. The van der Waals surface area contributed by atoms with Crippen molar-refractivity contribution in [2.24, 2.45) is 0 Å². The van der Waals surface area contributed by atoms with Gasteiger partial charge in [-0.25, -0.2) is 15.0 Å². The van der Waals surface area contributed by atoms with E-state index in [1.807, 2.05) is 6.92 Å². The van der Waals surface area contributed by atoms with E-state index in [0.29, 0.717) is 11.6 Å². The number of hydrogen-bond acceptors (Lipinski definition) is 9. The molecule has 1 aromatic carbocycles. The molecule has 3 N–H and O–H groups in total. The van der Waals surface area contributed by atoms with E-state index in [-0.39, 0.29) is 17.2 Å². The minimum atomic E-state index is -0.659. The van der Waals surface area contributed by atoms with Crippen LogP contribution < -0.4 is 20.9 Å². The van der Waals surface area contributed by atoms with E-state index in [4.69, 9.17) is 4.74 Å². The van der Waals surface area contributed by atoms with E-state index < -0.39 is 16.5 Å². The molecule has 0 bridgehead atoms. The van der Waals surface area contributed by atoms with Crippen molar-refractivity contribution in [2.75, 3.05) is 17.9 Å². The number of nitrogens with one attached hydrogen (secondary N) is 3. The average Bonchev–Trinajstić information content (AvgIpc) is 2.73.